The zero-order chi connectivity index (χ0) is 22.2. The molecule has 5 rings (SSSR count). The van der Waals surface area contributed by atoms with E-state index in [4.69, 9.17) is 33.8 Å². The van der Waals surface area contributed by atoms with Gasteiger partial charge in [-0.2, -0.15) is 0 Å². The molecule has 0 radical (unpaired) electrons. The van der Waals surface area contributed by atoms with E-state index in [1.807, 2.05) is 6.92 Å². The third kappa shape index (κ3) is 4.35. The van der Waals surface area contributed by atoms with Crippen LogP contribution in [0.1, 0.15) is 65.7 Å². The van der Waals surface area contributed by atoms with E-state index >= 15 is 0 Å². The van der Waals surface area contributed by atoms with E-state index in [1.54, 1.807) is 0 Å². The SMILES string of the molecule is C[C@H]1[C@@H](OCCCOC(=O)CCC(=O)O)O[C@@H]2O[C@@]3(C)CC[C@H]4[C@H](C)CC[C@@H]1[C@@]24OO3. The highest BCUT2D eigenvalue weighted by atomic mass is 17.3. The van der Waals surface area contributed by atoms with E-state index in [2.05, 4.69) is 13.8 Å². The lowest BCUT2D eigenvalue weighted by atomic mass is 9.58. The smallest absolute Gasteiger partial charge is 0.306 e. The van der Waals surface area contributed by atoms with Crippen LogP contribution >= 0.6 is 0 Å². The minimum atomic E-state index is -1.02. The van der Waals surface area contributed by atoms with Gasteiger partial charge in [0.2, 0.25) is 5.79 Å². The molecular weight excluding hydrogens is 408 g/mol. The van der Waals surface area contributed by atoms with Crippen LogP contribution < -0.4 is 0 Å². The average Bonchev–Trinajstić information content (AvgIpc) is 2.95. The summed E-state index contributed by atoms with van der Waals surface area (Å²) in [6, 6.07) is 0. The summed E-state index contributed by atoms with van der Waals surface area (Å²) in [7, 11) is 0. The van der Waals surface area contributed by atoms with Crippen molar-refractivity contribution in [2.75, 3.05) is 13.2 Å². The molecule has 0 unspecified atom stereocenters. The van der Waals surface area contributed by atoms with Crippen molar-refractivity contribution in [1.29, 1.82) is 0 Å². The monoisotopic (exact) mass is 442 g/mol. The van der Waals surface area contributed by atoms with Crippen molar-refractivity contribution < 1.29 is 43.4 Å². The third-order valence-electron chi connectivity index (χ3n) is 7.47. The van der Waals surface area contributed by atoms with E-state index < -0.39 is 35.9 Å². The number of carbonyl (C=O) groups excluding carboxylic acids is 1. The summed E-state index contributed by atoms with van der Waals surface area (Å²) >= 11 is 0. The molecule has 1 aliphatic carbocycles. The number of carboxylic acid groups (broad SMARTS) is 1. The molecule has 4 aliphatic heterocycles. The van der Waals surface area contributed by atoms with Gasteiger partial charge in [0.15, 0.2) is 18.2 Å². The molecule has 5 fully saturated rings. The zero-order valence-electron chi connectivity index (χ0n) is 18.5. The average molecular weight is 443 g/mol. The van der Waals surface area contributed by atoms with Crippen LogP contribution in [0, 0.1) is 23.7 Å². The fourth-order valence-corrected chi connectivity index (χ4v) is 5.79. The summed E-state index contributed by atoms with van der Waals surface area (Å²) in [5.41, 5.74) is -0.605. The molecule has 8 atom stereocenters. The molecule has 1 N–H and O–H groups in total. The van der Waals surface area contributed by atoms with Gasteiger partial charge in [0.25, 0.3) is 0 Å². The summed E-state index contributed by atoms with van der Waals surface area (Å²) in [4.78, 5) is 33.9. The van der Waals surface area contributed by atoms with Crippen molar-refractivity contribution in [3.8, 4) is 0 Å². The van der Waals surface area contributed by atoms with Gasteiger partial charge < -0.3 is 24.1 Å². The predicted octanol–water partition coefficient (Wildman–Crippen LogP) is 3.01. The first-order valence-electron chi connectivity index (χ1n) is 11.4. The highest BCUT2D eigenvalue weighted by molar-refractivity contribution is 5.76. The van der Waals surface area contributed by atoms with E-state index in [9.17, 15) is 9.59 Å². The van der Waals surface area contributed by atoms with Gasteiger partial charge in [-0.25, -0.2) is 9.78 Å². The Morgan fingerprint density at radius 3 is 2.65 bits per heavy atom. The maximum Gasteiger partial charge on any atom is 0.306 e. The van der Waals surface area contributed by atoms with Crippen LogP contribution in [-0.4, -0.2) is 54.2 Å². The molecule has 9 heteroatoms. The number of esters is 1. The van der Waals surface area contributed by atoms with Gasteiger partial charge in [-0.1, -0.05) is 13.8 Å². The highest BCUT2D eigenvalue weighted by Gasteiger charge is 2.69. The molecule has 31 heavy (non-hydrogen) atoms. The van der Waals surface area contributed by atoms with Gasteiger partial charge in [0, 0.05) is 24.7 Å². The summed E-state index contributed by atoms with van der Waals surface area (Å²) in [6.07, 6.45) is 3.06. The van der Waals surface area contributed by atoms with Gasteiger partial charge in [0.1, 0.15) is 0 Å². The molecule has 5 aliphatic rings. The standard InChI is InChI=1S/C22H34O9/c1-13-5-6-16-14(2)19(27-12-4-11-26-18(25)8-7-17(23)24)28-20-22(16)15(13)9-10-21(3,29-20)30-31-22/h13-16,19-20H,4-12H2,1-3H3,(H,23,24)/t13-,14-,15+,16+,19+,20-,21-,22-/m1/s1. The molecule has 176 valence electrons. The first-order chi connectivity index (χ1) is 14.7. The van der Waals surface area contributed by atoms with Crippen LogP contribution in [0.15, 0.2) is 0 Å². The number of rotatable bonds is 8. The maximum absolute atomic E-state index is 11.5. The van der Waals surface area contributed by atoms with E-state index in [-0.39, 0.29) is 31.3 Å². The van der Waals surface area contributed by atoms with Crippen LogP contribution in [0.2, 0.25) is 0 Å². The minimum absolute atomic E-state index is 0.0963. The Hall–Kier alpha value is -1.26. The van der Waals surface area contributed by atoms with Crippen molar-refractivity contribution in [3.63, 3.8) is 0 Å². The van der Waals surface area contributed by atoms with E-state index in [0.717, 1.165) is 25.7 Å². The number of ether oxygens (including phenoxy) is 4. The number of fused-ring (bicyclic) bond motifs is 2. The molecule has 4 saturated heterocycles. The summed E-state index contributed by atoms with van der Waals surface area (Å²) in [5, 5.41) is 8.60. The topological polar surface area (TPSA) is 110 Å². The van der Waals surface area contributed by atoms with E-state index in [1.165, 1.54) is 0 Å². The molecule has 0 aromatic heterocycles. The van der Waals surface area contributed by atoms with Crippen LogP contribution in [-0.2, 0) is 38.3 Å². The predicted molar refractivity (Wildman–Crippen MR) is 105 cm³/mol. The molecule has 4 heterocycles. The highest BCUT2D eigenvalue weighted by Crippen LogP contribution is 2.60. The summed E-state index contributed by atoms with van der Waals surface area (Å²) in [6.45, 7) is 6.85. The first kappa shape index (κ1) is 22.9. The lowest BCUT2D eigenvalue weighted by molar-refractivity contribution is -0.577. The van der Waals surface area contributed by atoms with Crippen LogP contribution in [0.5, 0.6) is 0 Å². The Kier molecular flexibility index (Phi) is 6.61. The van der Waals surface area contributed by atoms with Crippen molar-refractivity contribution >= 4 is 11.9 Å². The minimum Gasteiger partial charge on any atom is -0.481 e. The molecule has 2 bridgehead atoms. The quantitative estimate of drug-likeness (QED) is 0.344. The second kappa shape index (κ2) is 8.94. The molecule has 1 saturated carbocycles. The normalized spacial score (nSPS) is 43.7. The number of aliphatic carboxylic acids is 1. The zero-order valence-corrected chi connectivity index (χ0v) is 18.5. The Balaban J connectivity index is 1.34. The van der Waals surface area contributed by atoms with Crippen molar-refractivity contribution in [1.82, 2.24) is 0 Å². The van der Waals surface area contributed by atoms with Gasteiger partial charge in [-0.05, 0) is 38.0 Å². The van der Waals surface area contributed by atoms with Gasteiger partial charge >= 0.3 is 11.9 Å². The van der Waals surface area contributed by atoms with E-state index in [0.29, 0.717) is 24.9 Å². The Labute approximate surface area is 182 Å². The molecule has 9 nitrogen and oxygen atoms in total. The lowest BCUT2D eigenvalue weighted by Gasteiger charge is -2.60. The van der Waals surface area contributed by atoms with Gasteiger partial charge in [0.05, 0.1) is 26.1 Å². The van der Waals surface area contributed by atoms with Crippen LogP contribution in [0.3, 0.4) is 0 Å². The molecule has 0 aromatic carbocycles. The second-order valence-corrected chi connectivity index (χ2v) is 9.61. The Morgan fingerprint density at radius 1 is 1.06 bits per heavy atom. The maximum atomic E-state index is 11.5. The van der Waals surface area contributed by atoms with Crippen molar-refractivity contribution in [3.05, 3.63) is 0 Å². The number of carboxylic acids is 1. The van der Waals surface area contributed by atoms with Gasteiger partial charge in [-0.3, -0.25) is 9.59 Å². The summed E-state index contributed by atoms with van der Waals surface area (Å²) < 4.78 is 23.7. The Bertz CT molecular complexity index is 684. The summed E-state index contributed by atoms with van der Waals surface area (Å²) in [5.74, 6) is -1.22. The molecular formula is C22H34O9. The van der Waals surface area contributed by atoms with Crippen LogP contribution in [0.25, 0.3) is 0 Å². The van der Waals surface area contributed by atoms with Gasteiger partial charge in [-0.15, -0.1) is 0 Å². The van der Waals surface area contributed by atoms with Crippen LogP contribution in [0.4, 0.5) is 0 Å². The third-order valence-corrected chi connectivity index (χ3v) is 7.47. The molecule has 0 aromatic rings. The Morgan fingerprint density at radius 2 is 1.87 bits per heavy atom. The largest absolute Gasteiger partial charge is 0.481 e. The first-order valence-corrected chi connectivity index (χ1v) is 11.4. The molecule has 1 spiro atoms. The fourth-order valence-electron chi connectivity index (χ4n) is 5.79. The number of carbonyl (C=O) groups is 2. The number of hydrogen-bond acceptors (Lipinski definition) is 8. The molecule has 0 amide bonds. The fraction of sp³-hybridized carbons (Fsp3) is 0.909. The number of hydrogen-bond donors (Lipinski definition) is 1. The van der Waals surface area contributed by atoms with Crippen molar-refractivity contribution in [2.45, 2.75) is 89.7 Å². The lowest BCUT2D eigenvalue weighted by Crippen LogP contribution is -2.70. The van der Waals surface area contributed by atoms with Crippen molar-refractivity contribution in [2.24, 2.45) is 23.7 Å². The second-order valence-electron chi connectivity index (χ2n) is 9.61.